The maximum atomic E-state index is 3.67. The van der Waals surface area contributed by atoms with Crippen molar-refractivity contribution >= 4 is 11.3 Å². The third-order valence-corrected chi connectivity index (χ3v) is 3.90. The number of thiophene rings is 1. The van der Waals surface area contributed by atoms with Gasteiger partial charge < -0.3 is 10.6 Å². The lowest BCUT2D eigenvalue weighted by Crippen LogP contribution is -2.31. The van der Waals surface area contributed by atoms with Gasteiger partial charge in [-0.05, 0) is 50.2 Å². The summed E-state index contributed by atoms with van der Waals surface area (Å²) >= 11 is 1.86. The van der Waals surface area contributed by atoms with Crippen LogP contribution in [0.2, 0.25) is 0 Å². The molecule has 1 aromatic heterocycles. The summed E-state index contributed by atoms with van der Waals surface area (Å²) in [5.74, 6) is 0. The number of nitrogens with one attached hydrogen (secondary N) is 2. The molecule has 0 amide bonds. The average Bonchev–Trinajstić information content (AvgIpc) is 2.62. The molecule has 1 fully saturated rings. The van der Waals surface area contributed by atoms with Crippen LogP contribution >= 0.6 is 11.3 Å². The molecule has 0 radical (unpaired) electrons. The van der Waals surface area contributed by atoms with E-state index in [4.69, 9.17) is 0 Å². The molecule has 0 bridgehead atoms. The van der Waals surface area contributed by atoms with Crippen LogP contribution in [0.4, 0.5) is 0 Å². The molecule has 1 aromatic rings. The third-order valence-electron chi connectivity index (χ3n) is 2.96. The van der Waals surface area contributed by atoms with Crippen molar-refractivity contribution in [2.75, 3.05) is 19.6 Å². The lowest BCUT2D eigenvalue weighted by atomic mass is 10.1. The van der Waals surface area contributed by atoms with E-state index in [2.05, 4.69) is 28.1 Å². The van der Waals surface area contributed by atoms with Crippen LogP contribution < -0.4 is 10.6 Å². The van der Waals surface area contributed by atoms with Crippen LogP contribution in [-0.2, 0) is 6.42 Å². The van der Waals surface area contributed by atoms with Gasteiger partial charge in [0.1, 0.15) is 0 Å². The van der Waals surface area contributed by atoms with E-state index in [-0.39, 0.29) is 0 Å². The standard InChI is InChI=1S/C12H20N2S/c1-3-11(5-8-13-7-1)14-9-6-12-4-2-10-15-12/h2,4,10-11,13-14H,1,3,5-9H2. The molecule has 1 aliphatic rings. The molecule has 1 unspecified atom stereocenters. The van der Waals surface area contributed by atoms with E-state index in [1.165, 1.54) is 43.6 Å². The first kappa shape index (κ1) is 11.1. The highest BCUT2D eigenvalue weighted by atomic mass is 32.1. The summed E-state index contributed by atoms with van der Waals surface area (Å²) in [7, 11) is 0. The molecule has 1 aliphatic heterocycles. The number of rotatable bonds is 4. The van der Waals surface area contributed by atoms with Gasteiger partial charge in [-0.15, -0.1) is 11.3 Å². The van der Waals surface area contributed by atoms with Crippen molar-refractivity contribution in [3.63, 3.8) is 0 Å². The second-order valence-corrected chi connectivity index (χ2v) is 5.19. The molecule has 15 heavy (non-hydrogen) atoms. The first-order valence-corrected chi connectivity index (χ1v) is 6.79. The van der Waals surface area contributed by atoms with Crippen LogP contribution in [0.25, 0.3) is 0 Å². The Hall–Kier alpha value is -0.380. The molecule has 0 aromatic carbocycles. The van der Waals surface area contributed by atoms with Crippen molar-refractivity contribution in [2.45, 2.75) is 31.7 Å². The molecule has 2 heterocycles. The predicted octanol–water partition coefficient (Wildman–Crippen LogP) is 2.02. The summed E-state index contributed by atoms with van der Waals surface area (Å²) in [6.45, 7) is 3.50. The Labute approximate surface area is 96.1 Å². The van der Waals surface area contributed by atoms with Gasteiger partial charge in [-0.25, -0.2) is 0 Å². The highest BCUT2D eigenvalue weighted by Gasteiger charge is 2.10. The lowest BCUT2D eigenvalue weighted by Gasteiger charge is -2.15. The molecule has 3 heteroatoms. The van der Waals surface area contributed by atoms with Crippen molar-refractivity contribution in [2.24, 2.45) is 0 Å². The Morgan fingerprint density at radius 1 is 1.40 bits per heavy atom. The first-order valence-electron chi connectivity index (χ1n) is 5.91. The number of hydrogen-bond donors (Lipinski definition) is 2. The van der Waals surface area contributed by atoms with Gasteiger partial charge in [0, 0.05) is 17.5 Å². The summed E-state index contributed by atoms with van der Waals surface area (Å²) in [4.78, 5) is 1.49. The maximum Gasteiger partial charge on any atom is 0.00797 e. The molecule has 1 saturated heterocycles. The zero-order valence-electron chi connectivity index (χ0n) is 9.17. The fraction of sp³-hybridized carbons (Fsp3) is 0.667. The van der Waals surface area contributed by atoms with Gasteiger partial charge in [-0.1, -0.05) is 6.07 Å². The van der Waals surface area contributed by atoms with Crippen LogP contribution in [0.3, 0.4) is 0 Å². The molecular formula is C12H20N2S. The van der Waals surface area contributed by atoms with E-state index in [0.29, 0.717) is 0 Å². The van der Waals surface area contributed by atoms with E-state index in [1.54, 1.807) is 0 Å². The minimum Gasteiger partial charge on any atom is -0.317 e. The van der Waals surface area contributed by atoms with Crippen molar-refractivity contribution in [1.29, 1.82) is 0 Å². The van der Waals surface area contributed by atoms with E-state index < -0.39 is 0 Å². The Bertz CT molecular complexity index is 251. The topological polar surface area (TPSA) is 24.1 Å². The monoisotopic (exact) mass is 224 g/mol. The van der Waals surface area contributed by atoms with E-state index >= 15 is 0 Å². The van der Waals surface area contributed by atoms with Crippen LogP contribution in [0, 0.1) is 0 Å². The highest BCUT2D eigenvalue weighted by Crippen LogP contribution is 2.09. The van der Waals surface area contributed by atoms with Crippen molar-refractivity contribution in [3.8, 4) is 0 Å². The molecule has 84 valence electrons. The van der Waals surface area contributed by atoms with Crippen LogP contribution in [0.1, 0.15) is 24.1 Å². The Kier molecular flexibility index (Phi) is 4.64. The lowest BCUT2D eigenvalue weighted by molar-refractivity contribution is 0.473. The smallest absolute Gasteiger partial charge is 0.00797 e. The quantitative estimate of drug-likeness (QED) is 0.817. The highest BCUT2D eigenvalue weighted by molar-refractivity contribution is 7.09. The van der Waals surface area contributed by atoms with Gasteiger partial charge in [0.25, 0.3) is 0 Å². The van der Waals surface area contributed by atoms with Gasteiger partial charge in [-0.2, -0.15) is 0 Å². The van der Waals surface area contributed by atoms with Gasteiger partial charge >= 0.3 is 0 Å². The largest absolute Gasteiger partial charge is 0.317 e. The Morgan fingerprint density at radius 3 is 3.27 bits per heavy atom. The van der Waals surface area contributed by atoms with Crippen LogP contribution in [0.5, 0.6) is 0 Å². The van der Waals surface area contributed by atoms with Gasteiger partial charge in [-0.3, -0.25) is 0 Å². The molecular weight excluding hydrogens is 204 g/mol. The fourth-order valence-corrected chi connectivity index (χ4v) is 2.79. The van der Waals surface area contributed by atoms with Crippen LogP contribution in [0.15, 0.2) is 17.5 Å². The van der Waals surface area contributed by atoms with Gasteiger partial charge in [0.15, 0.2) is 0 Å². The SMILES string of the molecule is c1csc(CCNC2CCCNCC2)c1. The summed E-state index contributed by atoms with van der Waals surface area (Å²) in [6.07, 6.45) is 5.11. The van der Waals surface area contributed by atoms with Crippen molar-refractivity contribution in [3.05, 3.63) is 22.4 Å². The summed E-state index contributed by atoms with van der Waals surface area (Å²) in [6, 6.07) is 5.09. The third kappa shape index (κ3) is 3.93. The Morgan fingerprint density at radius 2 is 2.40 bits per heavy atom. The van der Waals surface area contributed by atoms with E-state index in [1.807, 2.05) is 11.3 Å². The second kappa shape index (κ2) is 6.26. The van der Waals surface area contributed by atoms with E-state index in [9.17, 15) is 0 Å². The maximum absolute atomic E-state index is 3.67. The second-order valence-electron chi connectivity index (χ2n) is 4.16. The van der Waals surface area contributed by atoms with Crippen molar-refractivity contribution in [1.82, 2.24) is 10.6 Å². The first-order chi connectivity index (χ1) is 7.45. The zero-order chi connectivity index (χ0) is 10.3. The average molecular weight is 224 g/mol. The van der Waals surface area contributed by atoms with Gasteiger partial charge in [0.05, 0.1) is 0 Å². The fourth-order valence-electron chi connectivity index (χ4n) is 2.08. The molecule has 0 spiro atoms. The molecule has 2 N–H and O–H groups in total. The van der Waals surface area contributed by atoms with Crippen molar-refractivity contribution < 1.29 is 0 Å². The minimum absolute atomic E-state index is 0.736. The van der Waals surface area contributed by atoms with E-state index in [0.717, 1.165) is 12.6 Å². The predicted molar refractivity (Wildman–Crippen MR) is 66.5 cm³/mol. The molecule has 0 aliphatic carbocycles. The molecule has 0 saturated carbocycles. The Balaban J connectivity index is 1.64. The molecule has 2 rings (SSSR count). The molecule has 1 atom stereocenters. The minimum atomic E-state index is 0.736. The zero-order valence-corrected chi connectivity index (χ0v) is 9.98. The summed E-state index contributed by atoms with van der Waals surface area (Å²) in [5.41, 5.74) is 0. The summed E-state index contributed by atoms with van der Waals surface area (Å²) in [5, 5.41) is 9.27. The van der Waals surface area contributed by atoms with Crippen LogP contribution in [-0.4, -0.2) is 25.7 Å². The normalized spacial score (nSPS) is 22.5. The molecule has 2 nitrogen and oxygen atoms in total. The number of hydrogen-bond acceptors (Lipinski definition) is 3. The van der Waals surface area contributed by atoms with Gasteiger partial charge in [0.2, 0.25) is 0 Å². The summed E-state index contributed by atoms with van der Waals surface area (Å²) < 4.78 is 0.